The molecule has 1 atom stereocenters. The summed E-state index contributed by atoms with van der Waals surface area (Å²) in [6.07, 6.45) is 3.76. The van der Waals surface area contributed by atoms with E-state index in [1.165, 1.54) is 9.75 Å². The van der Waals surface area contributed by atoms with Crippen molar-refractivity contribution in [1.29, 1.82) is 0 Å². The highest BCUT2D eigenvalue weighted by atomic mass is 32.1. The van der Waals surface area contributed by atoms with Crippen LogP contribution >= 0.6 is 11.3 Å². The van der Waals surface area contributed by atoms with Gasteiger partial charge in [0.15, 0.2) is 0 Å². The van der Waals surface area contributed by atoms with Crippen LogP contribution in [0.3, 0.4) is 0 Å². The lowest BCUT2D eigenvalue weighted by molar-refractivity contribution is 0.0133. The lowest BCUT2D eigenvalue weighted by Crippen LogP contribution is -2.32. The van der Waals surface area contributed by atoms with E-state index >= 15 is 0 Å². The van der Waals surface area contributed by atoms with Crippen molar-refractivity contribution in [2.24, 2.45) is 5.73 Å². The van der Waals surface area contributed by atoms with Crippen LogP contribution in [0.5, 0.6) is 0 Å². The van der Waals surface area contributed by atoms with E-state index < -0.39 is 5.60 Å². The summed E-state index contributed by atoms with van der Waals surface area (Å²) in [7, 11) is 0. The van der Waals surface area contributed by atoms with E-state index in [4.69, 9.17) is 5.73 Å². The molecule has 3 heteroatoms. The quantitative estimate of drug-likeness (QED) is 0.852. The third kappa shape index (κ3) is 2.04. The average Bonchev–Trinajstić information content (AvgIpc) is 2.63. The molecule has 0 bridgehead atoms. The van der Waals surface area contributed by atoms with E-state index in [2.05, 4.69) is 19.9 Å². The van der Waals surface area contributed by atoms with Gasteiger partial charge in [0.05, 0.1) is 5.60 Å². The van der Waals surface area contributed by atoms with Crippen LogP contribution < -0.4 is 5.73 Å². The van der Waals surface area contributed by atoms with Crippen molar-refractivity contribution < 1.29 is 5.11 Å². The zero-order chi connectivity index (χ0) is 11.8. The van der Waals surface area contributed by atoms with E-state index in [0.29, 0.717) is 18.9 Å². The highest BCUT2D eigenvalue weighted by Crippen LogP contribution is 2.43. The fraction of sp³-hybridized carbons (Fsp3) is 0.692. The molecular weight excluding hydrogens is 218 g/mol. The van der Waals surface area contributed by atoms with Gasteiger partial charge in [-0.1, -0.05) is 13.8 Å². The van der Waals surface area contributed by atoms with Crippen molar-refractivity contribution >= 4 is 11.3 Å². The lowest BCUT2D eigenvalue weighted by Gasteiger charge is -2.32. The number of hydrogen-bond donors (Lipinski definition) is 2. The molecule has 1 aromatic heterocycles. The standard InChI is InChI=1S/C13H21NOS/c1-9(2)12-8-10-11(16-12)4-3-5-13(10,15)6-7-14/h8-9,15H,3-7,14H2,1-2H3. The number of fused-ring (bicyclic) bond motifs is 1. The maximum atomic E-state index is 10.6. The molecule has 3 N–H and O–H groups in total. The molecule has 0 saturated heterocycles. The largest absolute Gasteiger partial charge is 0.385 e. The SMILES string of the molecule is CC(C)c1cc2c(s1)CCCC2(O)CCN. The van der Waals surface area contributed by atoms with Crippen LogP contribution in [-0.2, 0) is 12.0 Å². The van der Waals surface area contributed by atoms with E-state index in [1.807, 2.05) is 11.3 Å². The molecular formula is C13H21NOS. The number of rotatable bonds is 3. The summed E-state index contributed by atoms with van der Waals surface area (Å²) in [5.41, 5.74) is 6.13. The summed E-state index contributed by atoms with van der Waals surface area (Å²) < 4.78 is 0. The van der Waals surface area contributed by atoms with E-state index in [9.17, 15) is 5.11 Å². The van der Waals surface area contributed by atoms with Gasteiger partial charge >= 0.3 is 0 Å². The van der Waals surface area contributed by atoms with Crippen LogP contribution in [0.1, 0.15) is 54.3 Å². The molecule has 0 spiro atoms. The fourth-order valence-electron chi connectivity index (χ4n) is 2.49. The first-order chi connectivity index (χ1) is 7.57. The van der Waals surface area contributed by atoms with E-state index in [0.717, 1.165) is 24.8 Å². The lowest BCUT2D eigenvalue weighted by atomic mass is 9.80. The van der Waals surface area contributed by atoms with Gasteiger partial charge in [-0.3, -0.25) is 0 Å². The third-order valence-electron chi connectivity index (χ3n) is 3.45. The molecule has 0 aromatic carbocycles. The number of aryl methyl sites for hydroxylation is 1. The first-order valence-electron chi connectivity index (χ1n) is 6.12. The van der Waals surface area contributed by atoms with Crippen LogP contribution in [0.2, 0.25) is 0 Å². The van der Waals surface area contributed by atoms with Crippen molar-refractivity contribution in [2.75, 3.05) is 6.54 Å². The van der Waals surface area contributed by atoms with Gasteiger partial charge in [0, 0.05) is 9.75 Å². The van der Waals surface area contributed by atoms with Crippen molar-refractivity contribution in [3.05, 3.63) is 21.4 Å². The summed E-state index contributed by atoms with van der Waals surface area (Å²) in [5, 5.41) is 10.6. The van der Waals surface area contributed by atoms with Gasteiger partial charge in [-0.15, -0.1) is 11.3 Å². The third-order valence-corrected chi connectivity index (χ3v) is 4.95. The van der Waals surface area contributed by atoms with Gasteiger partial charge in [0.1, 0.15) is 0 Å². The van der Waals surface area contributed by atoms with Gasteiger partial charge in [-0.05, 0) is 49.8 Å². The summed E-state index contributed by atoms with van der Waals surface area (Å²) in [6.45, 7) is 4.97. The number of nitrogens with two attached hydrogens (primary N) is 1. The average molecular weight is 239 g/mol. The van der Waals surface area contributed by atoms with Crippen LogP contribution in [-0.4, -0.2) is 11.7 Å². The number of hydrogen-bond acceptors (Lipinski definition) is 3. The second kappa shape index (κ2) is 4.47. The second-order valence-electron chi connectivity index (χ2n) is 5.06. The molecule has 16 heavy (non-hydrogen) atoms. The highest BCUT2D eigenvalue weighted by Gasteiger charge is 2.35. The van der Waals surface area contributed by atoms with E-state index in [1.54, 1.807) is 0 Å². The first-order valence-corrected chi connectivity index (χ1v) is 6.94. The van der Waals surface area contributed by atoms with Gasteiger partial charge in [0.2, 0.25) is 0 Å². The molecule has 1 aliphatic carbocycles. The minimum atomic E-state index is -0.647. The van der Waals surface area contributed by atoms with Crippen molar-refractivity contribution in [3.8, 4) is 0 Å². The minimum Gasteiger partial charge on any atom is -0.385 e. The van der Waals surface area contributed by atoms with Gasteiger partial charge in [-0.2, -0.15) is 0 Å². The van der Waals surface area contributed by atoms with Crippen LogP contribution in [0.4, 0.5) is 0 Å². The topological polar surface area (TPSA) is 46.2 Å². The van der Waals surface area contributed by atoms with Crippen molar-refractivity contribution in [2.45, 2.75) is 51.0 Å². The van der Waals surface area contributed by atoms with Crippen LogP contribution in [0, 0.1) is 0 Å². The molecule has 2 rings (SSSR count). The summed E-state index contributed by atoms with van der Waals surface area (Å²) in [5.74, 6) is 0.553. The molecule has 1 aromatic rings. The molecule has 0 saturated carbocycles. The zero-order valence-corrected chi connectivity index (χ0v) is 10.9. The fourth-order valence-corrected chi connectivity index (χ4v) is 3.79. The second-order valence-corrected chi connectivity index (χ2v) is 6.23. The Kier molecular flexibility index (Phi) is 3.38. The van der Waals surface area contributed by atoms with Crippen LogP contribution in [0.15, 0.2) is 6.07 Å². The minimum absolute atomic E-state index is 0.553. The summed E-state index contributed by atoms with van der Waals surface area (Å²) in [4.78, 5) is 2.77. The monoisotopic (exact) mass is 239 g/mol. The Morgan fingerprint density at radius 1 is 1.56 bits per heavy atom. The Morgan fingerprint density at radius 2 is 2.31 bits per heavy atom. The molecule has 0 aliphatic heterocycles. The maximum Gasteiger partial charge on any atom is 0.0919 e. The van der Waals surface area contributed by atoms with Crippen molar-refractivity contribution in [1.82, 2.24) is 0 Å². The highest BCUT2D eigenvalue weighted by molar-refractivity contribution is 7.12. The maximum absolute atomic E-state index is 10.6. The molecule has 0 fully saturated rings. The first kappa shape index (κ1) is 12.1. The molecule has 0 amide bonds. The number of aliphatic hydroxyl groups is 1. The molecule has 2 nitrogen and oxygen atoms in total. The predicted molar refractivity (Wildman–Crippen MR) is 68.9 cm³/mol. The van der Waals surface area contributed by atoms with Gasteiger partial charge in [-0.25, -0.2) is 0 Å². The van der Waals surface area contributed by atoms with Crippen molar-refractivity contribution in [3.63, 3.8) is 0 Å². The van der Waals surface area contributed by atoms with Gasteiger partial charge < -0.3 is 10.8 Å². The Hall–Kier alpha value is -0.380. The summed E-state index contributed by atoms with van der Waals surface area (Å²) >= 11 is 1.87. The molecule has 0 radical (unpaired) electrons. The van der Waals surface area contributed by atoms with Gasteiger partial charge in [0.25, 0.3) is 0 Å². The smallest absolute Gasteiger partial charge is 0.0919 e. The van der Waals surface area contributed by atoms with E-state index in [-0.39, 0.29) is 0 Å². The summed E-state index contributed by atoms with van der Waals surface area (Å²) in [6, 6.07) is 2.21. The molecule has 1 heterocycles. The normalized spacial score (nSPS) is 24.8. The molecule has 90 valence electrons. The number of thiophene rings is 1. The van der Waals surface area contributed by atoms with Crippen LogP contribution in [0.25, 0.3) is 0 Å². The molecule has 1 unspecified atom stereocenters. The Bertz CT molecular complexity index is 372. The predicted octanol–water partition coefficient (Wildman–Crippen LogP) is 2.74. The Balaban J connectivity index is 2.38. The zero-order valence-electron chi connectivity index (χ0n) is 10.1. The Labute approximate surface area is 101 Å². The Morgan fingerprint density at radius 3 is 2.94 bits per heavy atom. The molecule has 1 aliphatic rings.